The van der Waals surface area contributed by atoms with E-state index < -0.39 is 5.41 Å². The summed E-state index contributed by atoms with van der Waals surface area (Å²) in [5, 5.41) is 0. The van der Waals surface area contributed by atoms with E-state index in [1.807, 2.05) is 0 Å². The van der Waals surface area contributed by atoms with Crippen LogP contribution in [0.3, 0.4) is 0 Å². The molecule has 0 aromatic carbocycles. The number of rotatable bonds is 4. The predicted molar refractivity (Wildman–Crippen MR) is 57.4 cm³/mol. The highest BCUT2D eigenvalue weighted by atomic mass is 16.5. The zero-order valence-corrected chi connectivity index (χ0v) is 9.25. The Hall–Kier alpha value is -1.12. The first kappa shape index (κ1) is 12.0. The lowest BCUT2D eigenvalue weighted by atomic mass is 9.71. The van der Waals surface area contributed by atoms with E-state index in [1.165, 1.54) is 0 Å². The molecule has 1 aliphatic carbocycles. The smallest absolute Gasteiger partial charge is 0.319 e. The van der Waals surface area contributed by atoms with Crippen molar-refractivity contribution in [2.45, 2.75) is 39.0 Å². The zero-order chi connectivity index (χ0) is 11.3. The van der Waals surface area contributed by atoms with Crippen molar-refractivity contribution in [2.75, 3.05) is 6.61 Å². The third-order valence-corrected chi connectivity index (χ3v) is 2.95. The standard InChI is InChI=1S/C12H18O3/c1-3-8-12(11(14)15-4-2)9-6-5-7-10(12)13/h3H,1,4-9H2,2H3. The van der Waals surface area contributed by atoms with Gasteiger partial charge in [0.2, 0.25) is 0 Å². The summed E-state index contributed by atoms with van der Waals surface area (Å²) in [5.41, 5.74) is -0.921. The highest BCUT2D eigenvalue weighted by molar-refractivity contribution is 6.04. The van der Waals surface area contributed by atoms with Crippen LogP contribution in [0.2, 0.25) is 0 Å². The monoisotopic (exact) mass is 210 g/mol. The largest absolute Gasteiger partial charge is 0.465 e. The van der Waals surface area contributed by atoms with E-state index >= 15 is 0 Å². The average Bonchev–Trinajstić information content (AvgIpc) is 2.22. The number of hydrogen-bond acceptors (Lipinski definition) is 3. The van der Waals surface area contributed by atoms with Crippen LogP contribution in [0.5, 0.6) is 0 Å². The molecule has 0 amide bonds. The normalized spacial score (nSPS) is 26.1. The molecule has 0 heterocycles. The summed E-state index contributed by atoms with van der Waals surface area (Å²) in [6.45, 7) is 5.70. The van der Waals surface area contributed by atoms with E-state index in [9.17, 15) is 9.59 Å². The second kappa shape index (κ2) is 5.10. The van der Waals surface area contributed by atoms with Gasteiger partial charge in [-0.2, -0.15) is 0 Å². The number of carbonyl (C=O) groups excluding carboxylic acids is 2. The van der Waals surface area contributed by atoms with E-state index in [4.69, 9.17) is 4.74 Å². The molecule has 1 fully saturated rings. The maximum Gasteiger partial charge on any atom is 0.319 e. The van der Waals surface area contributed by atoms with Crippen LogP contribution in [0.15, 0.2) is 12.7 Å². The molecular formula is C12H18O3. The molecule has 0 radical (unpaired) electrons. The number of esters is 1. The summed E-state index contributed by atoms with van der Waals surface area (Å²) in [6, 6.07) is 0. The lowest BCUT2D eigenvalue weighted by Crippen LogP contribution is -2.42. The number of Topliss-reactive ketones (excluding diaryl/α,β-unsaturated/α-hetero) is 1. The van der Waals surface area contributed by atoms with Crippen LogP contribution >= 0.6 is 0 Å². The van der Waals surface area contributed by atoms with Crippen molar-refractivity contribution in [3.8, 4) is 0 Å². The number of ether oxygens (including phenoxy) is 1. The van der Waals surface area contributed by atoms with Crippen molar-refractivity contribution in [3.05, 3.63) is 12.7 Å². The van der Waals surface area contributed by atoms with Gasteiger partial charge in [0.25, 0.3) is 0 Å². The molecule has 0 N–H and O–H groups in total. The Bertz CT molecular complexity index is 270. The first-order valence-corrected chi connectivity index (χ1v) is 5.49. The fourth-order valence-electron chi connectivity index (χ4n) is 2.12. The molecule has 0 bridgehead atoms. The molecule has 1 unspecified atom stereocenters. The number of hydrogen-bond donors (Lipinski definition) is 0. The summed E-state index contributed by atoms with van der Waals surface area (Å²) >= 11 is 0. The zero-order valence-electron chi connectivity index (χ0n) is 9.25. The molecule has 0 saturated heterocycles. The second-order valence-corrected chi connectivity index (χ2v) is 3.93. The number of carbonyl (C=O) groups is 2. The van der Waals surface area contributed by atoms with Gasteiger partial charge in [-0.1, -0.05) is 12.5 Å². The van der Waals surface area contributed by atoms with Gasteiger partial charge in [-0.05, 0) is 26.2 Å². The molecule has 0 spiro atoms. The van der Waals surface area contributed by atoms with Crippen molar-refractivity contribution in [1.82, 2.24) is 0 Å². The Morgan fingerprint density at radius 2 is 2.33 bits per heavy atom. The van der Waals surface area contributed by atoms with E-state index in [-0.39, 0.29) is 11.8 Å². The summed E-state index contributed by atoms with van der Waals surface area (Å²) in [4.78, 5) is 23.7. The molecule has 0 aliphatic heterocycles. The van der Waals surface area contributed by atoms with Crippen molar-refractivity contribution in [1.29, 1.82) is 0 Å². The topological polar surface area (TPSA) is 43.4 Å². The van der Waals surface area contributed by atoms with Crippen LogP contribution in [-0.2, 0) is 14.3 Å². The molecule has 15 heavy (non-hydrogen) atoms. The lowest BCUT2D eigenvalue weighted by molar-refractivity contribution is -0.162. The van der Waals surface area contributed by atoms with Crippen LogP contribution in [0.1, 0.15) is 39.0 Å². The Morgan fingerprint density at radius 1 is 1.60 bits per heavy atom. The van der Waals surface area contributed by atoms with Gasteiger partial charge < -0.3 is 4.74 Å². The van der Waals surface area contributed by atoms with Gasteiger partial charge in [0.1, 0.15) is 11.2 Å². The van der Waals surface area contributed by atoms with Crippen LogP contribution in [0.4, 0.5) is 0 Å². The Balaban J connectivity index is 2.89. The molecule has 3 heteroatoms. The molecule has 1 saturated carbocycles. The Labute approximate surface area is 90.5 Å². The van der Waals surface area contributed by atoms with Gasteiger partial charge >= 0.3 is 5.97 Å². The first-order chi connectivity index (χ1) is 7.17. The Kier molecular flexibility index (Phi) is 4.06. The quantitative estimate of drug-likeness (QED) is 0.406. The maximum atomic E-state index is 11.9. The Morgan fingerprint density at radius 3 is 2.87 bits per heavy atom. The van der Waals surface area contributed by atoms with Gasteiger partial charge in [0.15, 0.2) is 0 Å². The van der Waals surface area contributed by atoms with Gasteiger partial charge in [0.05, 0.1) is 6.61 Å². The second-order valence-electron chi connectivity index (χ2n) is 3.93. The maximum absolute atomic E-state index is 11.9. The van der Waals surface area contributed by atoms with Crippen LogP contribution in [0, 0.1) is 5.41 Å². The minimum Gasteiger partial charge on any atom is -0.465 e. The van der Waals surface area contributed by atoms with Crippen LogP contribution < -0.4 is 0 Å². The van der Waals surface area contributed by atoms with Gasteiger partial charge in [-0.15, -0.1) is 6.58 Å². The minimum absolute atomic E-state index is 0.0205. The summed E-state index contributed by atoms with van der Waals surface area (Å²) in [5.74, 6) is -0.346. The molecule has 1 aliphatic rings. The average molecular weight is 210 g/mol. The van der Waals surface area contributed by atoms with Crippen molar-refractivity contribution >= 4 is 11.8 Å². The van der Waals surface area contributed by atoms with Crippen LogP contribution in [0.25, 0.3) is 0 Å². The van der Waals surface area contributed by atoms with E-state index in [0.29, 0.717) is 25.9 Å². The molecule has 3 nitrogen and oxygen atoms in total. The van der Waals surface area contributed by atoms with Crippen LogP contribution in [-0.4, -0.2) is 18.4 Å². The van der Waals surface area contributed by atoms with Crippen molar-refractivity contribution < 1.29 is 14.3 Å². The SMILES string of the molecule is C=CCC1(C(=O)OCC)CCCCC1=O. The highest BCUT2D eigenvalue weighted by Gasteiger charge is 2.46. The molecule has 1 atom stereocenters. The third kappa shape index (κ3) is 2.28. The van der Waals surface area contributed by atoms with Crippen molar-refractivity contribution in [2.24, 2.45) is 5.41 Å². The van der Waals surface area contributed by atoms with E-state index in [2.05, 4.69) is 6.58 Å². The fraction of sp³-hybridized carbons (Fsp3) is 0.667. The molecular weight excluding hydrogens is 192 g/mol. The fourth-order valence-corrected chi connectivity index (χ4v) is 2.12. The van der Waals surface area contributed by atoms with E-state index in [0.717, 1.165) is 12.8 Å². The van der Waals surface area contributed by atoms with Gasteiger partial charge in [-0.3, -0.25) is 9.59 Å². The molecule has 0 aromatic heterocycles. The van der Waals surface area contributed by atoms with Gasteiger partial charge in [-0.25, -0.2) is 0 Å². The third-order valence-electron chi connectivity index (χ3n) is 2.95. The van der Waals surface area contributed by atoms with Gasteiger partial charge in [0, 0.05) is 6.42 Å². The summed E-state index contributed by atoms with van der Waals surface area (Å²) < 4.78 is 5.00. The summed E-state index contributed by atoms with van der Waals surface area (Å²) in [6.07, 6.45) is 4.95. The number of allylic oxidation sites excluding steroid dienone is 1. The molecule has 0 aromatic rings. The minimum atomic E-state index is -0.921. The number of ketones is 1. The predicted octanol–water partition coefficient (Wildman–Crippen LogP) is 2.26. The van der Waals surface area contributed by atoms with Crippen molar-refractivity contribution in [3.63, 3.8) is 0 Å². The molecule has 1 rings (SSSR count). The lowest BCUT2D eigenvalue weighted by Gasteiger charge is -2.32. The first-order valence-electron chi connectivity index (χ1n) is 5.49. The summed E-state index contributed by atoms with van der Waals surface area (Å²) in [7, 11) is 0. The molecule has 84 valence electrons. The van der Waals surface area contributed by atoms with E-state index in [1.54, 1.807) is 13.0 Å². The highest BCUT2D eigenvalue weighted by Crippen LogP contribution is 2.37.